The van der Waals surface area contributed by atoms with Crippen molar-refractivity contribution >= 4 is 5.91 Å². The zero-order chi connectivity index (χ0) is 8.36. The van der Waals surface area contributed by atoms with Crippen molar-refractivity contribution in [3.63, 3.8) is 0 Å². The SMILES string of the molecule is CCC(C)(N)C(=O)N(C)C. The van der Waals surface area contributed by atoms with E-state index in [0.717, 1.165) is 0 Å². The maximum absolute atomic E-state index is 11.2. The van der Waals surface area contributed by atoms with Crippen LogP contribution in [0.3, 0.4) is 0 Å². The second-order valence-corrected chi connectivity index (χ2v) is 2.97. The highest BCUT2D eigenvalue weighted by Gasteiger charge is 2.26. The molecule has 60 valence electrons. The summed E-state index contributed by atoms with van der Waals surface area (Å²) in [7, 11) is 3.42. The number of amides is 1. The molecule has 0 spiro atoms. The van der Waals surface area contributed by atoms with Crippen LogP contribution in [0.25, 0.3) is 0 Å². The lowest BCUT2D eigenvalue weighted by Crippen LogP contribution is -2.50. The molecule has 1 unspecified atom stereocenters. The van der Waals surface area contributed by atoms with Gasteiger partial charge in [0.25, 0.3) is 0 Å². The predicted octanol–water partition coefficient (Wildman–Crippen LogP) is 0.202. The molecule has 0 aromatic heterocycles. The van der Waals surface area contributed by atoms with Gasteiger partial charge in [0.15, 0.2) is 0 Å². The average Bonchev–Trinajstić information content (AvgIpc) is 1.86. The van der Waals surface area contributed by atoms with Gasteiger partial charge in [-0.05, 0) is 13.3 Å². The summed E-state index contributed by atoms with van der Waals surface area (Å²) in [5, 5.41) is 0. The summed E-state index contributed by atoms with van der Waals surface area (Å²) >= 11 is 0. The fraction of sp³-hybridized carbons (Fsp3) is 0.857. The molecule has 1 amide bonds. The van der Waals surface area contributed by atoms with Crippen LogP contribution in [-0.4, -0.2) is 30.4 Å². The van der Waals surface area contributed by atoms with Crippen molar-refractivity contribution in [2.24, 2.45) is 5.73 Å². The molecule has 0 radical (unpaired) electrons. The average molecular weight is 144 g/mol. The number of likely N-dealkylation sites (N-methyl/N-ethyl adjacent to an activating group) is 1. The van der Waals surface area contributed by atoms with Crippen molar-refractivity contribution in [2.45, 2.75) is 25.8 Å². The van der Waals surface area contributed by atoms with Crippen LogP contribution in [0.15, 0.2) is 0 Å². The Morgan fingerprint density at radius 1 is 1.60 bits per heavy atom. The van der Waals surface area contributed by atoms with Crippen molar-refractivity contribution in [2.75, 3.05) is 14.1 Å². The molecule has 0 aliphatic carbocycles. The number of carbonyl (C=O) groups is 1. The van der Waals surface area contributed by atoms with E-state index in [4.69, 9.17) is 5.73 Å². The number of hydrogen-bond acceptors (Lipinski definition) is 2. The molecule has 0 saturated carbocycles. The first-order chi connectivity index (χ1) is 4.41. The summed E-state index contributed by atoms with van der Waals surface area (Å²) in [4.78, 5) is 12.7. The standard InChI is InChI=1S/C7H16N2O/c1-5-7(2,8)6(10)9(3)4/h5,8H2,1-4H3. The Balaban J connectivity index is 4.19. The van der Waals surface area contributed by atoms with Gasteiger partial charge in [-0.25, -0.2) is 0 Å². The fourth-order valence-corrected chi connectivity index (χ4v) is 0.662. The molecule has 10 heavy (non-hydrogen) atoms. The third kappa shape index (κ3) is 1.99. The van der Waals surface area contributed by atoms with E-state index in [1.807, 2.05) is 6.92 Å². The molecule has 0 aliphatic rings. The van der Waals surface area contributed by atoms with E-state index in [9.17, 15) is 4.79 Å². The van der Waals surface area contributed by atoms with Gasteiger partial charge in [0.1, 0.15) is 0 Å². The Labute approximate surface area is 62.2 Å². The number of nitrogens with zero attached hydrogens (tertiary/aromatic N) is 1. The van der Waals surface area contributed by atoms with Crippen LogP contribution in [0.1, 0.15) is 20.3 Å². The Bertz CT molecular complexity index is 130. The quantitative estimate of drug-likeness (QED) is 0.602. The lowest BCUT2D eigenvalue weighted by molar-refractivity contribution is -0.133. The second-order valence-electron chi connectivity index (χ2n) is 2.97. The number of hydrogen-bond donors (Lipinski definition) is 1. The van der Waals surface area contributed by atoms with Gasteiger partial charge in [0.2, 0.25) is 5.91 Å². The third-order valence-corrected chi connectivity index (χ3v) is 1.63. The Morgan fingerprint density at radius 2 is 2.00 bits per heavy atom. The molecule has 0 heterocycles. The zero-order valence-electron chi connectivity index (χ0n) is 7.14. The fourth-order valence-electron chi connectivity index (χ4n) is 0.662. The Morgan fingerprint density at radius 3 is 2.10 bits per heavy atom. The molecule has 0 fully saturated rings. The van der Waals surface area contributed by atoms with Crippen LogP contribution in [0, 0.1) is 0 Å². The topological polar surface area (TPSA) is 46.3 Å². The maximum atomic E-state index is 11.2. The summed E-state index contributed by atoms with van der Waals surface area (Å²) in [6.07, 6.45) is 0.671. The normalized spacial score (nSPS) is 16.1. The van der Waals surface area contributed by atoms with Crippen LogP contribution in [0.5, 0.6) is 0 Å². The summed E-state index contributed by atoms with van der Waals surface area (Å²) in [5.41, 5.74) is 4.98. The molecule has 3 heteroatoms. The number of nitrogens with two attached hydrogens (primary N) is 1. The van der Waals surface area contributed by atoms with Crippen LogP contribution in [0.2, 0.25) is 0 Å². The molecular formula is C7H16N2O. The van der Waals surface area contributed by atoms with Gasteiger partial charge in [-0.1, -0.05) is 6.92 Å². The Hall–Kier alpha value is -0.570. The minimum atomic E-state index is -0.691. The van der Waals surface area contributed by atoms with Gasteiger partial charge in [0.05, 0.1) is 5.54 Å². The third-order valence-electron chi connectivity index (χ3n) is 1.63. The van der Waals surface area contributed by atoms with E-state index in [1.165, 1.54) is 4.90 Å². The molecule has 3 nitrogen and oxygen atoms in total. The summed E-state index contributed by atoms with van der Waals surface area (Å²) in [5.74, 6) is -0.0185. The van der Waals surface area contributed by atoms with Crippen LogP contribution >= 0.6 is 0 Å². The lowest BCUT2D eigenvalue weighted by Gasteiger charge is -2.25. The van der Waals surface area contributed by atoms with Crippen molar-refractivity contribution in [1.29, 1.82) is 0 Å². The van der Waals surface area contributed by atoms with Gasteiger partial charge in [-0.15, -0.1) is 0 Å². The van der Waals surface area contributed by atoms with Crippen LogP contribution in [-0.2, 0) is 4.79 Å². The first-order valence-electron chi connectivity index (χ1n) is 3.42. The minimum Gasteiger partial charge on any atom is -0.347 e. The van der Waals surface area contributed by atoms with Gasteiger partial charge in [0, 0.05) is 14.1 Å². The molecule has 2 N–H and O–H groups in total. The molecule has 0 bridgehead atoms. The first-order valence-corrected chi connectivity index (χ1v) is 3.42. The van der Waals surface area contributed by atoms with E-state index in [-0.39, 0.29) is 5.91 Å². The van der Waals surface area contributed by atoms with Gasteiger partial charge >= 0.3 is 0 Å². The number of carbonyl (C=O) groups excluding carboxylic acids is 1. The van der Waals surface area contributed by atoms with Crippen molar-refractivity contribution in [3.8, 4) is 0 Å². The molecule has 0 rings (SSSR count). The smallest absolute Gasteiger partial charge is 0.241 e. The van der Waals surface area contributed by atoms with Crippen molar-refractivity contribution in [1.82, 2.24) is 4.90 Å². The lowest BCUT2D eigenvalue weighted by atomic mass is 9.99. The van der Waals surface area contributed by atoms with Crippen molar-refractivity contribution < 1.29 is 4.79 Å². The van der Waals surface area contributed by atoms with E-state index >= 15 is 0 Å². The monoisotopic (exact) mass is 144 g/mol. The second kappa shape index (κ2) is 3.01. The molecule has 0 saturated heterocycles. The largest absolute Gasteiger partial charge is 0.347 e. The first kappa shape index (κ1) is 9.43. The zero-order valence-corrected chi connectivity index (χ0v) is 7.14. The maximum Gasteiger partial charge on any atom is 0.241 e. The van der Waals surface area contributed by atoms with E-state index in [2.05, 4.69) is 0 Å². The highest BCUT2D eigenvalue weighted by Crippen LogP contribution is 2.06. The van der Waals surface area contributed by atoms with Gasteiger partial charge < -0.3 is 10.6 Å². The summed E-state index contributed by atoms with van der Waals surface area (Å²) < 4.78 is 0. The number of rotatable bonds is 2. The Kier molecular flexibility index (Phi) is 2.84. The van der Waals surface area contributed by atoms with Gasteiger partial charge in [-0.2, -0.15) is 0 Å². The molecule has 0 aliphatic heterocycles. The molecular weight excluding hydrogens is 128 g/mol. The molecule has 0 aromatic carbocycles. The highest BCUT2D eigenvalue weighted by molar-refractivity contribution is 5.85. The predicted molar refractivity (Wildman–Crippen MR) is 41.6 cm³/mol. The highest BCUT2D eigenvalue weighted by atomic mass is 16.2. The summed E-state index contributed by atoms with van der Waals surface area (Å²) in [6, 6.07) is 0. The van der Waals surface area contributed by atoms with E-state index in [1.54, 1.807) is 21.0 Å². The van der Waals surface area contributed by atoms with Crippen LogP contribution in [0.4, 0.5) is 0 Å². The van der Waals surface area contributed by atoms with Crippen LogP contribution < -0.4 is 5.73 Å². The van der Waals surface area contributed by atoms with E-state index < -0.39 is 5.54 Å². The summed E-state index contributed by atoms with van der Waals surface area (Å²) in [6.45, 7) is 3.65. The van der Waals surface area contributed by atoms with Crippen molar-refractivity contribution in [3.05, 3.63) is 0 Å². The molecule has 1 atom stereocenters. The molecule has 0 aromatic rings. The van der Waals surface area contributed by atoms with E-state index in [0.29, 0.717) is 6.42 Å². The van der Waals surface area contributed by atoms with Gasteiger partial charge in [-0.3, -0.25) is 4.79 Å². The minimum absolute atomic E-state index is 0.0185.